The average molecular weight is 519 g/mol. The van der Waals surface area contributed by atoms with Crippen molar-refractivity contribution in [3.63, 3.8) is 0 Å². The zero-order valence-corrected chi connectivity index (χ0v) is 19.2. The first-order valence-electron chi connectivity index (χ1n) is 10.00. The zero-order chi connectivity index (χ0) is 19.8. The van der Waals surface area contributed by atoms with Crippen LogP contribution in [0.25, 0.3) is 0 Å². The highest BCUT2D eigenvalue weighted by Gasteiger charge is 2.21. The van der Waals surface area contributed by atoms with Crippen LogP contribution in [0.5, 0.6) is 0 Å². The molecule has 162 valence electrons. The van der Waals surface area contributed by atoms with Crippen molar-refractivity contribution < 1.29 is 13.9 Å². The minimum Gasteiger partial charge on any atom is -0.376 e. The minimum atomic E-state index is -0.231. The van der Waals surface area contributed by atoms with Crippen molar-refractivity contribution in [2.45, 2.75) is 25.4 Å². The fourth-order valence-corrected chi connectivity index (χ4v) is 3.55. The molecule has 1 amide bonds. The molecule has 7 nitrogen and oxygen atoms in total. The standard InChI is InChI=1S/C20H30FN5O2.HI/c1-22-20(24-15-18-3-2-14-28-18)23-9-8-19(27)26-12-10-25(11-13-26)17-6-4-16(21)5-7-17;/h4-7,18H,2-3,8-15H2,1H3,(H2,22,23,24);1H. The summed E-state index contributed by atoms with van der Waals surface area (Å²) in [7, 11) is 1.72. The number of carbonyl (C=O) groups excluding carboxylic acids is 1. The number of nitrogens with zero attached hydrogens (tertiary/aromatic N) is 3. The number of hydrogen-bond donors (Lipinski definition) is 2. The van der Waals surface area contributed by atoms with Gasteiger partial charge in [0.25, 0.3) is 0 Å². The van der Waals surface area contributed by atoms with Gasteiger partial charge in [0.2, 0.25) is 5.91 Å². The van der Waals surface area contributed by atoms with E-state index in [1.54, 1.807) is 19.2 Å². The van der Waals surface area contributed by atoms with Crippen LogP contribution >= 0.6 is 24.0 Å². The van der Waals surface area contributed by atoms with Crippen LogP contribution in [0.1, 0.15) is 19.3 Å². The molecule has 0 bridgehead atoms. The van der Waals surface area contributed by atoms with E-state index in [0.29, 0.717) is 32.0 Å². The van der Waals surface area contributed by atoms with E-state index in [1.165, 1.54) is 12.1 Å². The van der Waals surface area contributed by atoms with Gasteiger partial charge in [-0.2, -0.15) is 0 Å². The SMILES string of the molecule is CN=C(NCCC(=O)N1CCN(c2ccc(F)cc2)CC1)NCC1CCCO1.I. The maximum atomic E-state index is 13.1. The van der Waals surface area contributed by atoms with Crippen molar-refractivity contribution in [1.29, 1.82) is 0 Å². The molecule has 1 aromatic carbocycles. The highest BCUT2D eigenvalue weighted by Crippen LogP contribution is 2.17. The summed E-state index contributed by atoms with van der Waals surface area (Å²) in [5, 5.41) is 6.44. The lowest BCUT2D eigenvalue weighted by molar-refractivity contribution is -0.131. The number of hydrogen-bond acceptors (Lipinski definition) is 4. The predicted octanol–water partition coefficient (Wildman–Crippen LogP) is 1.83. The second kappa shape index (κ2) is 12.2. The third-order valence-corrected chi connectivity index (χ3v) is 5.20. The van der Waals surface area contributed by atoms with Gasteiger partial charge < -0.3 is 25.2 Å². The second-order valence-corrected chi connectivity index (χ2v) is 7.11. The number of carbonyl (C=O) groups is 1. The number of anilines is 1. The van der Waals surface area contributed by atoms with E-state index in [0.717, 1.165) is 44.8 Å². The van der Waals surface area contributed by atoms with Crippen molar-refractivity contribution in [3.05, 3.63) is 30.1 Å². The number of guanidine groups is 1. The number of aliphatic imine (C=N–C) groups is 1. The molecule has 2 aliphatic rings. The van der Waals surface area contributed by atoms with Gasteiger partial charge in [-0.15, -0.1) is 24.0 Å². The van der Waals surface area contributed by atoms with Crippen LogP contribution in [0.4, 0.5) is 10.1 Å². The molecular weight excluding hydrogens is 488 g/mol. The topological polar surface area (TPSA) is 69.2 Å². The van der Waals surface area contributed by atoms with Crippen LogP contribution in [0.3, 0.4) is 0 Å². The maximum Gasteiger partial charge on any atom is 0.224 e. The third-order valence-electron chi connectivity index (χ3n) is 5.20. The Hall–Kier alpha value is -1.62. The second-order valence-electron chi connectivity index (χ2n) is 7.11. The van der Waals surface area contributed by atoms with E-state index in [-0.39, 0.29) is 41.8 Å². The fraction of sp³-hybridized carbons (Fsp3) is 0.600. The number of piperazine rings is 1. The van der Waals surface area contributed by atoms with Crippen LogP contribution in [-0.4, -0.2) is 75.8 Å². The number of nitrogens with one attached hydrogen (secondary N) is 2. The summed E-state index contributed by atoms with van der Waals surface area (Å²) in [6.45, 7) is 5.00. The molecule has 3 rings (SSSR count). The van der Waals surface area contributed by atoms with E-state index < -0.39 is 0 Å². The molecule has 2 N–H and O–H groups in total. The Morgan fingerprint density at radius 3 is 2.55 bits per heavy atom. The molecule has 29 heavy (non-hydrogen) atoms. The fourth-order valence-electron chi connectivity index (χ4n) is 3.55. The predicted molar refractivity (Wildman–Crippen MR) is 124 cm³/mol. The van der Waals surface area contributed by atoms with Gasteiger partial charge in [0.1, 0.15) is 5.82 Å². The largest absolute Gasteiger partial charge is 0.376 e. The third kappa shape index (κ3) is 7.29. The van der Waals surface area contributed by atoms with E-state index in [1.807, 2.05) is 4.90 Å². The van der Waals surface area contributed by atoms with Crippen molar-refractivity contribution in [1.82, 2.24) is 15.5 Å². The molecule has 1 atom stereocenters. The van der Waals surface area contributed by atoms with Crippen molar-refractivity contribution >= 4 is 41.5 Å². The summed E-state index contributed by atoms with van der Waals surface area (Å²) in [6.07, 6.45) is 2.86. The van der Waals surface area contributed by atoms with E-state index in [4.69, 9.17) is 4.74 Å². The van der Waals surface area contributed by atoms with E-state index in [2.05, 4.69) is 20.5 Å². The molecule has 1 unspecified atom stereocenters. The normalized spacial score (nSPS) is 19.7. The van der Waals surface area contributed by atoms with Gasteiger partial charge in [0.15, 0.2) is 5.96 Å². The summed E-state index contributed by atoms with van der Waals surface area (Å²) < 4.78 is 18.6. The highest BCUT2D eigenvalue weighted by molar-refractivity contribution is 14.0. The minimum absolute atomic E-state index is 0. The summed E-state index contributed by atoms with van der Waals surface area (Å²) in [5.41, 5.74) is 0.997. The summed E-state index contributed by atoms with van der Waals surface area (Å²) >= 11 is 0. The first-order valence-corrected chi connectivity index (χ1v) is 10.00. The van der Waals surface area contributed by atoms with E-state index in [9.17, 15) is 9.18 Å². The van der Waals surface area contributed by atoms with Crippen LogP contribution in [0.15, 0.2) is 29.3 Å². The first-order chi connectivity index (χ1) is 13.7. The van der Waals surface area contributed by atoms with Crippen molar-refractivity contribution in [2.75, 3.05) is 57.8 Å². The van der Waals surface area contributed by atoms with Crippen LogP contribution in [-0.2, 0) is 9.53 Å². The van der Waals surface area contributed by atoms with Crippen molar-refractivity contribution in [2.24, 2.45) is 4.99 Å². The summed E-state index contributed by atoms with van der Waals surface area (Å²) in [4.78, 5) is 20.7. The molecule has 2 aliphatic heterocycles. The van der Waals surface area contributed by atoms with Crippen LogP contribution in [0, 0.1) is 5.82 Å². The zero-order valence-electron chi connectivity index (χ0n) is 16.9. The quantitative estimate of drug-likeness (QED) is 0.341. The Morgan fingerprint density at radius 1 is 1.21 bits per heavy atom. The monoisotopic (exact) mass is 519 g/mol. The van der Waals surface area contributed by atoms with Gasteiger partial charge in [0, 0.05) is 65.0 Å². The van der Waals surface area contributed by atoms with Gasteiger partial charge in [-0.1, -0.05) is 0 Å². The first kappa shape index (κ1) is 23.7. The molecule has 2 fully saturated rings. The number of amides is 1. The maximum absolute atomic E-state index is 13.1. The molecular formula is C20H31FIN5O2. The number of benzene rings is 1. The molecule has 0 saturated carbocycles. The summed E-state index contributed by atoms with van der Waals surface area (Å²) in [5.74, 6) is 0.607. The Bertz CT molecular complexity index is 659. The lowest BCUT2D eigenvalue weighted by Crippen LogP contribution is -2.49. The summed E-state index contributed by atoms with van der Waals surface area (Å²) in [6, 6.07) is 6.51. The Labute approximate surface area is 189 Å². The van der Waals surface area contributed by atoms with Gasteiger partial charge in [0.05, 0.1) is 6.10 Å². The Balaban J connectivity index is 0.00000300. The molecule has 2 heterocycles. The van der Waals surface area contributed by atoms with Crippen LogP contribution < -0.4 is 15.5 Å². The molecule has 2 saturated heterocycles. The van der Waals surface area contributed by atoms with Crippen molar-refractivity contribution in [3.8, 4) is 0 Å². The molecule has 0 spiro atoms. The number of rotatable bonds is 6. The Morgan fingerprint density at radius 2 is 1.93 bits per heavy atom. The smallest absolute Gasteiger partial charge is 0.224 e. The molecule has 0 radical (unpaired) electrons. The molecule has 0 aromatic heterocycles. The molecule has 1 aromatic rings. The lowest BCUT2D eigenvalue weighted by atomic mass is 10.2. The highest BCUT2D eigenvalue weighted by atomic mass is 127. The number of ether oxygens (including phenoxy) is 1. The van der Waals surface area contributed by atoms with Gasteiger partial charge >= 0.3 is 0 Å². The molecule has 0 aliphatic carbocycles. The molecule has 9 heteroatoms. The van der Waals surface area contributed by atoms with Gasteiger partial charge in [-0.3, -0.25) is 9.79 Å². The lowest BCUT2D eigenvalue weighted by Gasteiger charge is -2.36. The van der Waals surface area contributed by atoms with Gasteiger partial charge in [-0.05, 0) is 37.1 Å². The Kier molecular flexibility index (Phi) is 9.92. The van der Waals surface area contributed by atoms with Crippen LogP contribution in [0.2, 0.25) is 0 Å². The van der Waals surface area contributed by atoms with E-state index >= 15 is 0 Å². The number of halogens is 2. The average Bonchev–Trinajstić information content (AvgIpc) is 3.25. The van der Waals surface area contributed by atoms with Gasteiger partial charge in [-0.25, -0.2) is 4.39 Å².